The summed E-state index contributed by atoms with van der Waals surface area (Å²) in [6.07, 6.45) is 6.35. The summed E-state index contributed by atoms with van der Waals surface area (Å²) in [5, 5.41) is 12.2. The van der Waals surface area contributed by atoms with Gasteiger partial charge in [-0.2, -0.15) is 0 Å². The summed E-state index contributed by atoms with van der Waals surface area (Å²) < 4.78 is 0. The summed E-state index contributed by atoms with van der Waals surface area (Å²) in [4.78, 5) is 30.8. The summed E-state index contributed by atoms with van der Waals surface area (Å²) in [7, 11) is 0. The van der Waals surface area contributed by atoms with Crippen LogP contribution in [0.5, 0.6) is 0 Å². The van der Waals surface area contributed by atoms with E-state index in [1.807, 2.05) is 6.07 Å². The molecule has 0 unspecified atom stereocenters. The molecule has 2 heterocycles. The lowest BCUT2D eigenvalue weighted by atomic mass is 10.2. The molecule has 0 saturated carbocycles. The van der Waals surface area contributed by atoms with Crippen molar-refractivity contribution >= 4 is 29.3 Å². The number of hydrogen-bond acceptors (Lipinski definition) is 5. The molecule has 0 aliphatic rings. The van der Waals surface area contributed by atoms with Gasteiger partial charge in [0.2, 0.25) is 5.91 Å². The fraction of sp³-hybridized carbons (Fsp3) is 0.143. The minimum absolute atomic E-state index is 0.199. The predicted octanol–water partition coefficient (Wildman–Crippen LogP) is 1.87. The number of carboxylic acid groups (broad SMARTS) is 1. The smallest absolute Gasteiger partial charge is 0.347 e. The van der Waals surface area contributed by atoms with E-state index in [-0.39, 0.29) is 17.3 Å². The first kappa shape index (κ1) is 14.9. The van der Waals surface area contributed by atoms with Gasteiger partial charge in [-0.05, 0) is 24.6 Å². The molecular weight excluding hydrogens is 290 g/mol. The average molecular weight is 303 g/mol. The number of rotatable bonds is 5. The van der Waals surface area contributed by atoms with E-state index in [9.17, 15) is 9.59 Å². The van der Waals surface area contributed by atoms with Crippen LogP contribution < -0.4 is 5.32 Å². The number of aromatic nitrogens is 2. The highest BCUT2D eigenvalue weighted by Crippen LogP contribution is 2.17. The molecule has 0 aliphatic heterocycles. The Morgan fingerprint density at radius 1 is 1.48 bits per heavy atom. The molecule has 0 spiro atoms. The second-order valence-electron chi connectivity index (χ2n) is 4.16. The molecule has 2 aromatic heterocycles. The van der Waals surface area contributed by atoms with E-state index in [0.29, 0.717) is 10.7 Å². The molecule has 0 aromatic carbocycles. The Balaban J connectivity index is 1.91. The summed E-state index contributed by atoms with van der Waals surface area (Å²) in [5.74, 6) is -1.28. The van der Waals surface area contributed by atoms with Crippen molar-refractivity contribution in [2.45, 2.75) is 13.5 Å². The van der Waals surface area contributed by atoms with Crippen LogP contribution in [0.1, 0.15) is 25.9 Å². The SMILES string of the molecule is Cc1nc(CNC(=O)C=Cc2cccnc2)sc1C(=O)O. The van der Waals surface area contributed by atoms with Crippen LogP contribution in [-0.2, 0) is 11.3 Å². The molecule has 2 rings (SSSR count). The zero-order valence-electron chi connectivity index (χ0n) is 11.2. The minimum atomic E-state index is -1.00. The zero-order chi connectivity index (χ0) is 15.2. The molecule has 2 aromatic rings. The van der Waals surface area contributed by atoms with E-state index in [1.54, 1.807) is 31.5 Å². The monoisotopic (exact) mass is 303 g/mol. The molecule has 21 heavy (non-hydrogen) atoms. The van der Waals surface area contributed by atoms with Crippen molar-refractivity contribution in [2.24, 2.45) is 0 Å². The highest BCUT2D eigenvalue weighted by atomic mass is 32.1. The lowest BCUT2D eigenvalue weighted by Crippen LogP contribution is -2.20. The molecule has 7 heteroatoms. The second kappa shape index (κ2) is 6.76. The molecule has 0 atom stereocenters. The van der Waals surface area contributed by atoms with Gasteiger partial charge in [-0.3, -0.25) is 9.78 Å². The molecule has 0 fully saturated rings. The van der Waals surface area contributed by atoms with Crippen molar-refractivity contribution < 1.29 is 14.7 Å². The number of carbonyl (C=O) groups excluding carboxylic acids is 1. The molecule has 0 radical (unpaired) electrons. The fourth-order valence-electron chi connectivity index (χ4n) is 1.59. The summed E-state index contributed by atoms with van der Waals surface area (Å²) in [6, 6.07) is 3.61. The third-order valence-corrected chi connectivity index (χ3v) is 3.71. The average Bonchev–Trinajstić information content (AvgIpc) is 2.85. The first-order valence-corrected chi connectivity index (χ1v) is 6.93. The molecule has 2 N–H and O–H groups in total. The van der Waals surface area contributed by atoms with Crippen LogP contribution in [0, 0.1) is 6.92 Å². The van der Waals surface area contributed by atoms with Crippen LogP contribution in [-0.4, -0.2) is 27.0 Å². The number of carboxylic acids is 1. The highest BCUT2D eigenvalue weighted by molar-refractivity contribution is 7.13. The molecule has 0 aliphatic carbocycles. The zero-order valence-corrected chi connectivity index (χ0v) is 12.1. The van der Waals surface area contributed by atoms with Gasteiger partial charge >= 0.3 is 5.97 Å². The molecule has 6 nitrogen and oxygen atoms in total. The van der Waals surface area contributed by atoms with Gasteiger partial charge in [0.05, 0.1) is 12.2 Å². The lowest BCUT2D eigenvalue weighted by molar-refractivity contribution is -0.116. The minimum Gasteiger partial charge on any atom is -0.477 e. The number of aryl methyl sites for hydroxylation is 1. The summed E-state index contributed by atoms with van der Waals surface area (Å²) >= 11 is 1.06. The number of hydrogen-bond donors (Lipinski definition) is 2. The molecule has 1 amide bonds. The van der Waals surface area contributed by atoms with Crippen LogP contribution in [0.25, 0.3) is 6.08 Å². The number of pyridine rings is 1. The van der Waals surface area contributed by atoms with Gasteiger partial charge in [-0.15, -0.1) is 11.3 Å². The van der Waals surface area contributed by atoms with Crippen molar-refractivity contribution in [3.8, 4) is 0 Å². The number of nitrogens with one attached hydrogen (secondary N) is 1. The Morgan fingerprint density at radius 3 is 2.90 bits per heavy atom. The lowest BCUT2D eigenvalue weighted by Gasteiger charge is -1.98. The number of nitrogens with zero attached hydrogens (tertiary/aromatic N) is 2. The van der Waals surface area contributed by atoms with Gasteiger partial charge in [0.15, 0.2) is 0 Å². The molecular formula is C14H13N3O3S. The highest BCUT2D eigenvalue weighted by Gasteiger charge is 2.13. The molecule has 0 bridgehead atoms. The van der Waals surface area contributed by atoms with Gasteiger partial charge in [-0.1, -0.05) is 6.07 Å². The van der Waals surface area contributed by atoms with Gasteiger partial charge in [-0.25, -0.2) is 9.78 Å². The van der Waals surface area contributed by atoms with E-state index in [2.05, 4.69) is 15.3 Å². The largest absolute Gasteiger partial charge is 0.477 e. The van der Waals surface area contributed by atoms with Crippen molar-refractivity contribution in [1.82, 2.24) is 15.3 Å². The normalized spacial score (nSPS) is 10.7. The number of amides is 1. The number of aromatic carboxylic acids is 1. The van der Waals surface area contributed by atoms with E-state index >= 15 is 0 Å². The number of thiazole rings is 1. The van der Waals surface area contributed by atoms with Gasteiger partial charge < -0.3 is 10.4 Å². The summed E-state index contributed by atoms with van der Waals surface area (Å²) in [5.41, 5.74) is 1.29. The van der Waals surface area contributed by atoms with E-state index in [1.165, 1.54) is 6.08 Å². The van der Waals surface area contributed by atoms with Crippen LogP contribution in [0.15, 0.2) is 30.6 Å². The third kappa shape index (κ3) is 4.22. The Bertz CT molecular complexity index is 680. The maximum absolute atomic E-state index is 11.7. The third-order valence-electron chi connectivity index (χ3n) is 2.56. The molecule has 108 valence electrons. The Morgan fingerprint density at radius 2 is 2.29 bits per heavy atom. The predicted molar refractivity (Wildman–Crippen MR) is 78.9 cm³/mol. The fourth-order valence-corrected chi connectivity index (χ4v) is 2.44. The maximum Gasteiger partial charge on any atom is 0.347 e. The van der Waals surface area contributed by atoms with Crippen molar-refractivity contribution in [3.63, 3.8) is 0 Å². The second-order valence-corrected chi connectivity index (χ2v) is 5.25. The maximum atomic E-state index is 11.7. The Hall–Kier alpha value is -2.54. The first-order chi connectivity index (χ1) is 10.1. The quantitative estimate of drug-likeness (QED) is 0.823. The number of carbonyl (C=O) groups is 2. The van der Waals surface area contributed by atoms with Crippen molar-refractivity contribution in [1.29, 1.82) is 0 Å². The summed E-state index contributed by atoms with van der Waals surface area (Å²) in [6.45, 7) is 1.84. The first-order valence-electron chi connectivity index (χ1n) is 6.12. The molecule has 0 saturated heterocycles. The van der Waals surface area contributed by atoms with Gasteiger partial charge in [0.25, 0.3) is 0 Å². The van der Waals surface area contributed by atoms with E-state index in [0.717, 1.165) is 16.9 Å². The Labute approximate surface area is 125 Å². The van der Waals surface area contributed by atoms with E-state index < -0.39 is 5.97 Å². The van der Waals surface area contributed by atoms with Gasteiger partial charge in [0.1, 0.15) is 9.88 Å². The van der Waals surface area contributed by atoms with E-state index in [4.69, 9.17) is 5.11 Å². The van der Waals surface area contributed by atoms with Crippen LogP contribution in [0.2, 0.25) is 0 Å². The van der Waals surface area contributed by atoms with Crippen LogP contribution in [0.4, 0.5) is 0 Å². The van der Waals surface area contributed by atoms with Crippen LogP contribution >= 0.6 is 11.3 Å². The van der Waals surface area contributed by atoms with Crippen molar-refractivity contribution in [2.75, 3.05) is 0 Å². The topological polar surface area (TPSA) is 92.2 Å². The van der Waals surface area contributed by atoms with Crippen LogP contribution in [0.3, 0.4) is 0 Å². The Kier molecular flexibility index (Phi) is 4.78. The van der Waals surface area contributed by atoms with Crippen molar-refractivity contribution in [3.05, 3.63) is 51.7 Å². The standard InChI is InChI=1S/C14H13N3O3S/c1-9-13(14(19)20)21-12(17-9)8-16-11(18)5-4-10-3-2-6-15-7-10/h2-7H,8H2,1H3,(H,16,18)(H,19,20). The van der Waals surface area contributed by atoms with Gasteiger partial charge in [0, 0.05) is 18.5 Å².